The average molecular weight is 365 g/mol. The first kappa shape index (κ1) is 18.3. The lowest BCUT2D eigenvalue weighted by molar-refractivity contribution is -0.384. The van der Waals surface area contributed by atoms with Crippen LogP contribution < -0.4 is 10.6 Å². The van der Waals surface area contributed by atoms with E-state index in [0.29, 0.717) is 24.5 Å². The number of amides is 1. The first-order chi connectivity index (χ1) is 13.1. The zero-order chi connectivity index (χ0) is 19.2. The Hall–Kier alpha value is -3.45. The number of rotatable bonds is 7. The zero-order valence-electron chi connectivity index (χ0n) is 14.8. The number of hydrogen-bond acceptors (Lipinski definition) is 5. The van der Waals surface area contributed by atoms with Gasteiger partial charge in [0.1, 0.15) is 0 Å². The number of carbonyl (C=O) groups excluding carboxylic acids is 1. The Balaban J connectivity index is 1.94. The van der Waals surface area contributed by atoms with Gasteiger partial charge >= 0.3 is 0 Å². The monoisotopic (exact) mass is 365 g/mol. The molecule has 3 aromatic rings. The fourth-order valence-corrected chi connectivity index (χ4v) is 2.80. The molecule has 0 atom stereocenters. The molecule has 138 valence electrons. The molecule has 0 heterocycles. The van der Waals surface area contributed by atoms with Crippen LogP contribution in [0.1, 0.15) is 10.4 Å². The number of fused-ring (bicyclic) bond motifs is 1. The Labute approximate surface area is 156 Å². The van der Waals surface area contributed by atoms with Gasteiger partial charge in [0.25, 0.3) is 11.6 Å². The first-order valence-electron chi connectivity index (χ1n) is 8.40. The van der Waals surface area contributed by atoms with E-state index in [9.17, 15) is 14.9 Å². The Morgan fingerprint density at radius 2 is 1.85 bits per heavy atom. The van der Waals surface area contributed by atoms with Crippen molar-refractivity contribution in [2.45, 2.75) is 0 Å². The molecule has 0 unspecified atom stereocenters. The second-order valence-electron chi connectivity index (χ2n) is 5.89. The maximum Gasteiger partial charge on any atom is 0.270 e. The molecule has 7 heteroatoms. The van der Waals surface area contributed by atoms with Gasteiger partial charge in [0.15, 0.2) is 0 Å². The second-order valence-corrected chi connectivity index (χ2v) is 5.89. The van der Waals surface area contributed by atoms with E-state index < -0.39 is 10.8 Å². The minimum Gasteiger partial charge on any atom is -0.383 e. The van der Waals surface area contributed by atoms with Crippen LogP contribution in [0, 0.1) is 10.1 Å². The van der Waals surface area contributed by atoms with Crippen molar-refractivity contribution in [1.82, 2.24) is 0 Å². The number of nitro groups is 1. The third-order valence-electron chi connectivity index (χ3n) is 4.12. The highest BCUT2D eigenvalue weighted by Crippen LogP contribution is 2.26. The van der Waals surface area contributed by atoms with E-state index in [4.69, 9.17) is 4.74 Å². The predicted molar refractivity (Wildman–Crippen MR) is 105 cm³/mol. The molecule has 0 saturated carbocycles. The van der Waals surface area contributed by atoms with Crippen LogP contribution in [-0.4, -0.2) is 31.1 Å². The number of non-ortho nitro benzene ring substituents is 1. The Morgan fingerprint density at radius 3 is 2.63 bits per heavy atom. The van der Waals surface area contributed by atoms with Gasteiger partial charge in [0, 0.05) is 42.5 Å². The SMILES string of the molecule is COCCNc1ccc([N+](=O)[O-])cc1C(=O)Nc1cccc2ccccc12. The van der Waals surface area contributed by atoms with E-state index in [1.165, 1.54) is 18.2 Å². The van der Waals surface area contributed by atoms with Crippen LogP contribution in [0.15, 0.2) is 60.7 Å². The number of nitro benzene ring substituents is 1. The van der Waals surface area contributed by atoms with Crippen molar-refractivity contribution in [3.8, 4) is 0 Å². The number of nitrogens with one attached hydrogen (secondary N) is 2. The number of methoxy groups -OCH3 is 1. The van der Waals surface area contributed by atoms with E-state index in [0.717, 1.165) is 10.8 Å². The summed E-state index contributed by atoms with van der Waals surface area (Å²) in [5, 5.41) is 18.9. The van der Waals surface area contributed by atoms with Crippen molar-refractivity contribution in [2.75, 3.05) is 30.9 Å². The molecule has 27 heavy (non-hydrogen) atoms. The number of anilines is 2. The molecule has 0 bridgehead atoms. The Kier molecular flexibility index (Phi) is 5.63. The quantitative estimate of drug-likeness (QED) is 0.374. The Morgan fingerprint density at radius 1 is 1.07 bits per heavy atom. The van der Waals surface area contributed by atoms with Gasteiger partial charge in [-0.3, -0.25) is 14.9 Å². The molecule has 7 nitrogen and oxygen atoms in total. The van der Waals surface area contributed by atoms with Gasteiger partial charge in [-0.25, -0.2) is 0 Å². The molecule has 0 aromatic heterocycles. The summed E-state index contributed by atoms with van der Waals surface area (Å²) in [5.74, 6) is -0.421. The van der Waals surface area contributed by atoms with Crippen molar-refractivity contribution in [1.29, 1.82) is 0 Å². The van der Waals surface area contributed by atoms with Gasteiger partial charge in [-0.1, -0.05) is 36.4 Å². The smallest absolute Gasteiger partial charge is 0.270 e. The zero-order valence-corrected chi connectivity index (χ0v) is 14.8. The number of carbonyl (C=O) groups is 1. The minimum atomic E-state index is -0.520. The first-order valence-corrected chi connectivity index (χ1v) is 8.40. The molecule has 3 aromatic carbocycles. The van der Waals surface area contributed by atoms with Crippen LogP contribution in [0.25, 0.3) is 10.8 Å². The van der Waals surface area contributed by atoms with Gasteiger partial charge < -0.3 is 15.4 Å². The molecule has 0 spiro atoms. The summed E-state index contributed by atoms with van der Waals surface area (Å²) in [6.45, 7) is 0.921. The molecule has 2 N–H and O–H groups in total. The number of nitrogens with zero attached hydrogens (tertiary/aromatic N) is 1. The lowest BCUT2D eigenvalue weighted by Gasteiger charge is -2.13. The maximum atomic E-state index is 12.9. The molecule has 0 fully saturated rings. The normalized spacial score (nSPS) is 10.6. The molecule has 0 aliphatic carbocycles. The van der Waals surface area contributed by atoms with Crippen LogP contribution in [0.4, 0.5) is 17.1 Å². The van der Waals surface area contributed by atoms with E-state index in [1.807, 2.05) is 36.4 Å². The van der Waals surface area contributed by atoms with Crippen molar-refractivity contribution >= 4 is 33.7 Å². The predicted octanol–water partition coefficient (Wildman–Crippen LogP) is 4.06. The highest BCUT2D eigenvalue weighted by atomic mass is 16.6. The fraction of sp³-hybridized carbons (Fsp3) is 0.150. The molecular formula is C20H19N3O4. The van der Waals surface area contributed by atoms with Crippen molar-refractivity contribution in [3.63, 3.8) is 0 Å². The third-order valence-corrected chi connectivity index (χ3v) is 4.12. The van der Waals surface area contributed by atoms with Crippen LogP contribution >= 0.6 is 0 Å². The molecular weight excluding hydrogens is 346 g/mol. The van der Waals surface area contributed by atoms with Crippen LogP contribution in [0.2, 0.25) is 0 Å². The molecule has 0 radical (unpaired) electrons. The van der Waals surface area contributed by atoms with Gasteiger partial charge in [-0.2, -0.15) is 0 Å². The summed E-state index contributed by atoms with van der Waals surface area (Å²) >= 11 is 0. The van der Waals surface area contributed by atoms with Gasteiger partial charge in [-0.15, -0.1) is 0 Å². The lowest BCUT2D eigenvalue weighted by Crippen LogP contribution is -2.17. The minimum absolute atomic E-state index is 0.143. The molecule has 1 amide bonds. The van der Waals surface area contributed by atoms with E-state index >= 15 is 0 Å². The number of benzene rings is 3. The van der Waals surface area contributed by atoms with Gasteiger partial charge in [-0.05, 0) is 17.5 Å². The fourth-order valence-electron chi connectivity index (χ4n) is 2.80. The van der Waals surface area contributed by atoms with Crippen molar-refractivity contribution < 1.29 is 14.5 Å². The third kappa shape index (κ3) is 4.21. The molecule has 3 rings (SSSR count). The standard InChI is InChI=1S/C20H19N3O4/c1-27-12-11-21-18-10-9-15(23(25)26)13-17(18)20(24)22-19-8-4-6-14-5-2-3-7-16(14)19/h2-10,13,21H,11-12H2,1H3,(H,22,24). The number of hydrogen-bond donors (Lipinski definition) is 2. The van der Waals surface area contributed by atoms with Crippen LogP contribution in [-0.2, 0) is 4.74 Å². The maximum absolute atomic E-state index is 12.9. The Bertz CT molecular complexity index is 983. The highest BCUT2D eigenvalue weighted by molar-refractivity contribution is 6.12. The summed E-state index contributed by atoms with van der Waals surface area (Å²) in [7, 11) is 1.58. The summed E-state index contributed by atoms with van der Waals surface area (Å²) in [6.07, 6.45) is 0. The highest BCUT2D eigenvalue weighted by Gasteiger charge is 2.17. The van der Waals surface area contributed by atoms with Crippen LogP contribution in [0.3, 0.4) is 0 Å². The molecule has 0 aliphatic rings. The van der Waals surface area contributed by atoms with Gasteiger partial charge in [0.2, 0.25) is 0 Å². The van der Waals surface area contributed by atoms with Crippen LogP contribution in [0.5, 0.6) is 0 Å². The van der Waals surface area contributed by atoms with E-state index in [2.05, 4.69) is 10.6 Å². The summed E-state index contributed by atoms with van der Waals surface area (Å²) in [5.41, 5.74) is 1.21. The van der Waals surface area contributed by atoms with E-state index in [-0.39, 0.29) is 11.3 Å². The summed E-state index contributed by atoms with van der Waals surface area (Å²) < 4.78 is 5.00. The van der Waals surface area contributed by atoms with Crippen molar-refractivity contribution in [3.05, 3.63) is 76.3 Å². The molecule has 0 aliphatic heterocycles. The lowest BCUT2D eigenvalue weighted by atomic mass is 10.1. The van der Waals surface area contributed by atoms with E-state index in [1.54, 1.807) is 13.2 Å². The number of ether oxygens (including phenoxy) is 1. The largest absolute Gasteiger partial charge is 0.383 e. The van der Waals surface area contributed by atoms with Gasteiger partial charge in [0.05, 0.1) is 17.1 Å². The summed E-state index contributed by atoms with van der Waals surface area (Å²) in [6, 6.07) is 17.5. The second kappa shape index (κ2) is 8.29. The molecule has 0 saturated heterocycles. The summed E-state index contributed by atoms with van der Waals surface area (Å²) in [4.78, 5) is 23.5. The van der Waals surface area contributed by atoms with Crippen molar-refractivity contribution in [2.24, 2.45) is 0 Å². The average Bonchev–Trinajstić information content (AvgIpc) is 2.68. The topological polar surface area (TPSA) is 93.5 Å².